The molecule has 2 heterocycles. The lowest BCUT2D eigenvalue weighted by Gasteiger charge is -2.14. The van der Waals surface area contributed by atoms with Gasteiger partial charge in [-0.05, 0) is 34.6 Å². The third kappa shape index (κ3) is 2.46. The average molecular weight is 402 g/mol. The minimum absolute atomic E-state index is 0.0660. The SMILES string of the molecule is Cn1ncc2c1[C@H](Cn1cc(I)c(=O)[nH]c1=O)C[C@@H]2CO. The maximum absolute atomic E-state index is 11.9. The van der Waals surface area contributed by atoms with Crippen LogP contribution in [-0.2, 0) is 13.6 Å². The van der Waals surface area contributed by atoms with Gasteiger partial charge in [0.25, 0.3) is 5.56 Å². The van der Waals surface area contributed by atoms with Crippen molar-refractivity contribution in [3.63, 3.8) is 0 Å². The molecule has 3 rings (SSSR count). The normalized spacial score (nSPS) is 20.7. The van der Waals surface area contributed by atoms with Crippen LogP contribution in [0.15, 0.2) is 22.0 Å². The lowest BCUT2D eigenvalue weighted by molar-refractivity contribution is 0.258. The molecule has 0 saturated carbocycles. The fraction of sp³-hybridized carbons (Fsp3) is 0.462. The van der Waals surface area contributed by atoms with Crippen LogP contribution in [0.3, 0.4) is 0 Å². The van der Waals surface area contributed by atoms with E-state index in [4.69, 9.17) is 0 Å². The topological polar surface area (TPSA) is 92.9 Å². The summed E-state index contributed by atoms with van der Waals surface area (Å²) in [4.78, 5) is 25.6. The Balaban J connectivity index is 1.97. The molecule has 0 fully saturated rings. The molecule has 1 aliphatic carbocycles. The van der Waals surface area contributed by atoms with Gasteiger partial charge in [0.2, 0.25) is 0 Å². The standard InChI is InChI=1S/C13H15IN4O3/c1-17-11-7(2-8(6-19)9(11)3-15-17)4-18-5-10(14)12(20)16-13(18)21/h3,5,7-8,19H,2,4,6H2,1H3,(H,16,20,21)/t7-,8+/m0/s1. The predicted octanol–water partition coefficient (Wildman–Crippen LogP) is 0.138. The molecule has 112 valence electrons. The number of nitrogens with one attached hydrogen (secondary N) is 1. The highest BCUT2D eigenvalue weighted by Gasteiger charge is 2.34. The zero-order chi connectivity index (χ0) is 15.1. The summed E-state index contributed by atoms with van der Waals surface area (Å²) in [5.74, 6) is 0.167. The molecule has 2 aromatic heterocycles. The maximum atomic E-state index is 11.9. The van der Waals surface area contributed by atoms with Crippen molar-refractivity contribution in [2.24, 2.45) is 7.05 Å². The van der Waals surface area contributed by atoms with Gasteiger partial charge in [-0.15, -0.1) is 0 Å². The zero-order valence-electron chi connectivity index (χ0n) is 11.4. The molecule has 2 atom stereocenters. The minimum atomic E-state index is -0.406. The fourth-order valence-electron chi connectivity index (χ4n) is 3.05. The van der Waals surface area contributed by atoms with E-state index in [0.29, 0.717) is 10.1 Å². The van der Waals surface area contributed by atoms with Crippen molar-refractivity contribution in [3.8, 4) is 0 Å². The summed E-state index contributed by atoms with van der Waals surface area (Å²) in [7, 11) is 1.87. The number of aliphatic hydroxyl groups excluding tert-OH is 1. The van der Waals surface area contributed by atoms with Crippen LogP contribution in [0, 0.1) is 3.57 Å². The first-order valence-electron chi connectivity index (χ1n) is 6.63. The van der Waals surface area contributed by atoms with Gasteiger partial charge in [-0.1, -0.05) is 0 Å². The molecule has 0 aromatic carbocycles. The van der Waals surface area contributed by atoms with Crippen molar-refractivity contribution in [3.05, 3.63) is 48.1 Å². The van der Waals surface area contributed by atoms with Crippen LogP contribution in [0.2, 0.25) is 0 Å². The van der Waals surface area contributed by atoms with Crippen molar-refractivity contribution < 1.29 is 5.11 Å². The molecule has 2 aromatic rings. The molecule has 0 bridgehead atoms. The summed E-state index contributed by atoms with van der Waals surface area (Å²) in [5, 5.41) is 13.7. The van der Waals surface area contributed by atoms with Crippen molar-refractivity contribution in [1.29, 1.82) is 0 Å². The summed E-state index contributed by atoms with van der Waals surface area (Å²) < 4.78 is 3.80. The van der Waals surface area contributed by atoms with E-state index in [9.17, 15) is 14.7 Å². The Morgan fingerprint density at radius 2 is 2.24 bits per heavy atom. The van der Waals surface area contributed by atoms with Crippen molar-refractivity contribution in [1.82, 2.24) is 19.3 Å². The van der Waals surface area contributed by atoms with Gasteiger partial charge >= 0.3 is 5.69 Å². The van der Waals surface area contributed by atoms with Gasteiger partial charge in [-0.2, -0.15) is 5.10 Å². The van der Waals surface area contributed by atoms with Crippen LogP contribution in [0.1, 0.15) is 29.5 Å². The number of aromatic nitrogens is 4. The maximum Gasteiger partial charge on any atom is 0.328 e. The van der Waals surface area contributed by atoms with E-state index in [1.807, 2.05) is 29.6 Å². The summed E-state index contributed by atoms with van der Waals surface area (Å²) in [6.45, 7) is 0.544. The first-order valence-corrected chi connectivity index (χ1v) is 7.71. The van der Waals surface area contributed by atoms with Crippen LogP contribution in [0.25, 0.3) is 0 Å². The molecule has 2 N–H and O–H groups in total. The van der Waals surface area contributed by atoms with Crippen molar-refractivity contribution in [2.75, 3.05) is 6.61 Å². The summed E-state index contributed by atoms with van der Waals surface area (Å²) in [6, 6.07) is 0. The molecular weight excluding hydrogens is 387 g/mol. The van der Waals surface area contributed by atoms with Gasteiger partial charge in [-0.3, -0.25) is 19.0 Å². The second kappa shape index (κ2) is 5.41. The first-order chi connectivity index (χ1) is 10.0. The monoisotopic (exact) mass is 402 g/mol. The predicted molar refractivity (Wildman–Crippen MR) is 84.4 cm³/mol. The fourth-order valence-corrected chi connectivity index (χ4v) is 3.52. The number of halogens is 1. The lowest BCUT2D eigenvalue weighted by atomic mass is 10.0. The quantitative estimate of drug-likeness (QED) is 0.715. The van der Waals surface area contributed by atoms with Crippen LogP contribution >= 0.6 is 22.6 Å². The number of nitrogens with zero attached hydrogens (tertiary/aromatic N) is 3. The van der Waals surface area contributed by atoms with E-state index in [1.165, 1.54) is 4.57 Å². The second-order valence-electron chi connectivity index (χ2n) is 5.31. The first kappa shape index (κ1) is 14.5. The van der Waals surface area contributed by atoms with E-state index in [2.05, 4.69) is 10.1 Å². The Bertz CT molecular complexity index is 791. The van der Waals surface area contributed by atoms with Gasteiger partial charge in [-0.25, -0.2) is 4.79 Å². The highest BCUT2D eigenvalue weighted by molar-refractivity contribution is 14.1. The highest BCUT2D eigenvalue weighted by Crippen LogP contribution is 2.41. The average Bonchev–Trinajstić information content (AvgIpc) is 2.98. The second-order valence-corrected chi connectivity index (χ2v) is 6.47. The Hall–Kier alpha value is -1.42. The van der Waals surface area contributed by atoms with E-state index < -0.39 is 5.69 Å². The van der Waals surface area contributed by atoms with Gasteiger partial charge < -0.3 is 5.11 Å². The molecule has 0 radical (unpaired) electrons. The molecule has 7 nitrogen and oxygen atoms in total. The molecule has 1 aliphatic rings. The molecule has 0 amide bonds. The molecule has 0 saturated heterocycles. The van der Waals surface area contributed by atoms with Gasteiger partial charge in [0.1, 0.15) is 0 Å². The van der Waals surface area contributed by atoms with E-state index in [-0.39, 0.29) is 24.0 Å². The van der Waals surface area contributed by atoms with E-state index >= 15 is 0 Å². The number of H-pyrrole nitrogens is 1. The van der Waals surface area contributed by atoms with Gasteiger partial charge in [0.15, 0.2) is 0 Å². The van der Waals surface area contributed by atoms with Gasteiger partial charge in [0.05, 0.1) is 16.4 Å². The minimum Gasteiger partial charge on any atom is -0.396 e. The molecular formula is C13H15IN4O3. The lowest BCUT2D eigenvalue weighted by Crippen LogP contribution is -2.32. The van der Waals surface area contributed by atoms with Crippen LogP contribution in [0.5, 0.6) is 0 Å². The number of aliphatic hydroxyl groups is 1. The van der Waals surface area contributed by atoms with Crippen molar-refractivity contribution >= 4 is 22.6 Å². The Labute approximate surface area is 133 Å². The summed E-state index contributed by atoms with van der Waals surface area (Å²) in [6.07, 6.45) is 4.14. The Morgan fingerprint density at radius 1 is 1.48 bits per heavy atom. The number of rotatable bonds is 3. The Morgan fingerprint density at radius 3 is 2.95 bits per heavy atom. The van der Waals surface area contributed by atoms with E-state index in [0.717, 1.165) is 17.7 Å². The molecule has 0 aliphatic heterocycles. The third-order valence-corrected chi connectivity index (χ3v) is 4.78. The summed E-state index contributed by atoms with van der Waals surface area (Å²) >= 11 is 1.91. The number of hydrogen-bond acceptors (Lipinski definition) is 4. The van der Waals surface area contributed by atoms with Crippen molar-refractivity contribution in [2.45, 2.75) is 24.8 Å². The molecule has 0 spiro atoms. The van der Waals surface area contributed by atoms with Crippen LogP contribution in [0.4, 0.5) is 0 Å². The number of fused-ring (bicyclic) bond motifs is 1. The van der Waals surface area contributed by atoms with E-state index in [1.54, 1.807) is 17.1 Å². The third-order valence-electron chi connectivity index (χ3n) is 4.01. The van der Waals surface area contributed by atoms with Crippen LogP contribution in [-0.4, -0.2) is 31.0 Å². The number of hydrogen-bond donors (Lipinski definition) is 2. The highest BCUT2D eigenvalue weighted by atomic mass is 127. The smallest absolute Gasteiger partial charge is 0.328 e. The van der Waals surface area contributed by atoms with Gasteiger partial charge in [0, 0.05) is 37.3 Å². The van der Waals surface area contributed by atoms with Crippen LogP contribution < -0.4 is 11.2 Å². The summed E-state index contributed by atoms with van der Waals surface area (Å²) in [5.41, 5.74) is 1.34. The number of aromatic amines is 1. The molecule has 8 heteroatoms. The largest absolute Gasteiger partial charge is 0.396 e. The zero-order valence-corrected chi connectivity index (χ0v) is 13.6. The molecule has 0 unspecified atom stereocenters. The Kier molecular flexibility index (Phi) is 3.74. The molecule has 21 heavy (non-hydrogen) atoms. The number of aryl methyl sites for hydroxylation is 1.